The molecule has 0 bridgehead atoms. The number of nitrogens with zero attached hydrogens (tertiary/aromatic N) is 3. The maximum atomic E-state index is 14.4. The van der Waals surface area contributed by atoms with Crippen LogP contribution >= 0.6 is 11.8 Å². The average molecular weight is 1000 g/mol. The lowest BCUT2D eigenvalue weighted by atomic mass is 10.0. The molecule has 5 rings (SSSR count). The van der Waals surface area contributed by atoms with Gasteiger partial charge in [0.2, 0.25) is 35.4 Å². The van der Waals surface area contributed by atoms with Gasteiger partial charge in [-0.1, -0.05) is 94.4 Å². The van der Waals surface area contributed by atoms with E-state index in [1.807, 2.05) is 74.5 Å². The topological polar surface area (TPSA) is 230 Å². The summed E-state index contributed by atoms with van der Waals surface area (Å²) in [5.74, 6) is -4.47. The number of halogens is 1. The molecule has 10 atom stereocenters. The summed E-state index contributed by atoms with van der Waals surface area (Å²) < 4.78 is 1.20. The van der Waals surface area contributed by atoms with Gasteiger partial charge in [0.05, 0.1) is 18.1 Å². The van der Waals surface area contributed by atoms with Gasteiger partial charge in [0.25, 0.3) is 11.8 Å². The minimum Gasteiger partial charge on any atom is -0.348 e. The lowest BCUT2D eigenvalue weighted by Gasteiger charge is -2.32. The number of amides is 8. The molecule has 0 aromatic heterocycles. The van der Waals surface area contributed by atoms with Crippen LogP contribution in [0.25, 0.3) is 0 Å². The van der Waals surface area contributed by atoms with Gasteiger partial charge in [-0.15, -0.1) is 0 Å². The Hall–Kier alpha value is -6.37. The Kier molecular flexibility index (Phi) is 19.7. The highest BCUT2D eigenvalue weighted by atomic mass is 35.5. The van der Waals surface area contributed by atoms with E-state index in [4.69, 9.17) is 11.8 Å². The Morgan fingerprint density at radius 1 is 0.563 bits per heavy atom. The Labute approximate surface area is 422 Å². The average Bonchev–Trinajstić information content (AvgIpc) is 3.98. The van der Waals surface area contributed by atoms with Gasteiger partial charge in [-0.25, -0.2) is 4.42 Å². The zero-order valence-electron chi connectivity index (χ0n) is 42.3. The van der Waals surface area contributed by atoms with Gasteiger partial charge < -0.3 is 47.0 Å². The van der Waals surface area contributed by atoms with Crippen LogP contribution in [0.2, 0.25) is 0 Å². The predicted octanol–water partition coefficient (Wildman–Crippen LogP) is 3.20. The molecule has 18 nitrogen and oxygen atoms in total. The van der Waals surface area contributed by atoms with Gasteiger partial charge in [-0.3, -0.25) is 38.4 Å². The van der Waals surface area contributed by atoms with E-state index in [1.54, 1.807) is 54.7 Å². The summed E-state index contributed by atoms with van der Waals surface area (Å²) in [4.78, 5) is 114. The van der Waals surface area contributed by atoms with Gasteiger partial charge in [0.1, 0.15) is 30.2 Å². The van der Waals surface area contributed by atoms with Crippen molar-refractivity contribution in [3.8, 4) is 0 Å². The van der Waals surface area contributed by atoms with Crippen LogP contribution in [0.4, 0.5) is 0 Å². The van der Waals surface area contributed by atoms with Crippen LogP contribution in [0.1, 0.15) is 112 Å². The smallest absolute Gasteiger partial charge is 0.251 e. The summed E-state index contributed by atoms with van der Waals surface area (Å²) in [5.41, 5.74) is 1.99. The fourth-order valence-corrected chi connectivity index (χ4v) is 8.79. The largest absolute Gasteiger partial charge is 0.348 e. The van der Waals surface area contributed by atoms with Crippen LogP contribution in [-0.4, -0.2) is 137 Å². The van der Waals surface area contributed by atoms with E-state index in [0.29, 0.717) is 0 Å². The minimum absolute atomic E-state index is 0.0247. The van der Waals surface area contributed by atoms with Gasteiger partial charge in [0.15, 0.2) is 0 Å². The molecule has 0 spiro atoms. The zero-order valence-corrected chi connectivity index (χ0v) is 43.1. The second-order valence-corrected chi connectivity index (χ2v) is 19.9. The van der Waals surface area contributed by atoms with E-state index in [2.05, 4.69) is 37.2 Å². The van der Waals surface area contributed by atoms with Crippen LogP contribution in [0, 0.1) is 11.8 Å². The molecule has 7 N–H and O–H groups in total. The predicted molar refractivity (Wildman–Crippen MR) is 270 cm³/mol. The Balaban J connectivity index is 1.33. The minimum atomic E-state index is -1.01. The summed E-state index contributed by atoms with van der Waals surface area (Å²) in [6.07, 6.45) is 0.146. The third-order valence-corrected chi connectivity index (χ3v) is 13.6. The molecule has 2 aliphatic heterocycles. The first-order valence-corrected chi connectivity index (χ1v) is 24.6. The van der Waals surface area contributed by atoms with Crippen molar-refractivity contribution in [2.45, 2.75) is 129 Å². The number of hydrogen-bond acceptors (Lipinski definition) is 10. The molecule has 3 aromatic carbocycles. The summed E-state index contributed by atoms with van der Waals surface area (Å²) >= 11 is 6.07. The number of likely N-dealkylation sites (N-methyl/N-ethyl adjacent to an activating group) is 2. The lowest BCUT2D eigenvalue weighted by molar-refractivity contribution is -0.143. The Morgan fingerprint density at radius 3 is 1.32 bits per heavy atom. The summed E-state index contributed by atoms with van der Waals surface area (Å²) in [6, 6.07) is 17.3. The summed E-state index contributed by atoms with van der Waals surface area (Å²) in [5, 5.41) is 20.5. The number of hydrogen-bond donors (Lipinski definition) is 7. The van der Waals surface area contributed by atoms with Gasteiger partial charge in [-0.2, -0.15) is 0 Å². The van der Waals surface area contributed by atoms with E-state index < -0.39 is 102 Å². The molecule has 71 heavy (non-hydrogen) atoms. The molecular weight excluding hydrogens is 928 g/mol. The molecule has 0 saturated carbocycles. The molecule has 2 aliphatic rings. The standard InChI is InChI=1S/C52H71ClN10O8/c1-29(2)43(59-45(64)33(7)54-9)51(70)62-27-39(25-41(62)49(68)55-31(5)35-18-13-11-14-19-35)57-47(66)37-22-17-23-38(24-37)48(67)58-40-26-42(50(69)56-32(6)36-20-15-12-16-21-36)63(28-40)52(71)44(30(3)4)60-46(65)34(8)61(10)53/h11-24,29-34,39-44,54H,25-28H2,1-10H3,(H,55,68)(H,56,69)(H,57,66)(H,58,67)(H,59,64)(H,60,65)/t31-,32-,33+,34+,39+,40+,41+,42+,43+,44+/m1/s1. The van der Waals surface area contributed by atoms with E-state index in [1.165, 1.54) is 39.5 Å². The van der Waals surface area contributed by atoms with Crippen molar-refractivity contribution in [1.29, 1.82) is 0 Å². The van der Waals surface area contributed by atoms with Crippen molar-refractivity contribution in [3.63, 3.8) is 0 Å². The number of benzene rings is 3. The monoisotopic (exact) mass is 999 g/mol. The van der Waals surface area contributed by atoms with Gasteiger partial charge in [-0.05, 0) is 101 Å². The van der Waals surface area contributed by atoms with E-state index in [-0.39, 0.29) is 54.8 Å². The third kappa shape index (κ3) is 14.4. The summed E-state index contributed by atoms with van der Waals surface area (Å²) in [6.45, 7) is 14.0. The number of rotatable bonds is 20. The normalized spacial score (nSPS) is 20.3. The fraction of sp³-hybridized carbons (Fsp3) is 0.500. The first-order valence-electron chi connectivity index (χ1n) is 24.3. The van der Waals surface area contributed by atoms with E-state index in [0.717, 1.165) is 11.1 Å². The number of carbonyl (C=O) groups is 8. The van der Waals surface area contributed by atoms with Crippen molar-refractivity contribution < 1.29 is 38.4 Å². The quantitative estimate of drug-likeness (QED) is 0.0818. The van der Waals surface area contributed by atoms with Crippen LogP contribution in [-0.2, 0) is 28.8 Å². The van der Waals surface area contributed by atoms with Gasteiger partial charge in [0, 0.05) is 43.3 Å². The number of carbonyl (C=O) groups excluding carboxylic acids is 8. The first kappa shape index (κ1) is 55.6. The molecule has 384 valence electrons. The Bertz CT molecular complexity index is 2370. The number of likely N-dealkylation sites (tertiary alicyclic amines) is 2. The van der Waals surface area contributed by atoms with Crippen molar-refractivity contribution >= 4 is 59.0 Å². The molecule has 0 radical (unpaired) electrons. The molecule has 8 amide bonds. The highest BCUT2D eigenvalue weighted by Crippen LogP contribution is 2.26. The maximum absolute atomic E-state index is 14.4. The van der Waals surface area contributed by atoms with Crippen LogP contribution < -0.4 is 37.2 Å². The van der Waals surface area contributed by atoms with Crippen LogP contribution in [0.5, 0.6) is 0 Å². The van der Waals surface area contributed by atoms with Crippen LogP contribution in [0.15, 0.2) is 84.9 Å². The molecule has 19 heteroatoms. The maximum Gasteiger partial charge on any atom is 0.251 e. The highest BCUT2D eigenvalue weighted by Gasteiger charge is 2.45. The van der Waals surface area contributed by atoms with Crippen LogP contribution in [0.3, 0.4) is 0 Å². The summed E-state index contributed by atoms with van der Waals surface area (Å²) in [7, 11) is 3.16. The van der Waals surface area contributed by atoms with E-state index >= 15 is 0 Å². The molecular formula is C52H71ClN10O8. The second kappa shape index (κ2) is 25.1. The number of nitrogens with one attached hydrogen (secondary N) is 7. The molecule has 0 aliphatic carbocycles. The van der Waals surface area contributed by atoms with Gasteiger partial charge >= 0.3 is 0 Å². The SMILES string of the molecule is CN[C@@H](C)C(=O)N[C@H](C(=O)N1C[C@@H](NC(=O)c2cccc(C(=O)N[C@H]3C[C@@H](C(=O)N[C@H](C)c4ccccc4)N(C(=O)[C@@H](NC(=O)[C@H](C)N(C)Cl)C(C)C)C3)c2)C[C@H]1C(=O)N[C@H](C)c1ccccc1)C(C)C. The molecule has 0 unspecified atom stereocenters. The lowest BCUT2D eigenvalue weighted by Crippen LogP contribution is -2.57. The third-order valence-electron chi connectivity index (χ3n) is 13.3. The molecule has 2 heterocycles. The second-order valence-electron chi connectivity index (χ2n) is 19.4. The molecule has 2 saturated heterocycles. The molecule has 3 aromatic rings. The highest BCUT2D eigenvalue weighted by molar-refractivity contribution is 6.14. The Morgan fingerprint density at radius 2 is 0.958 bits per heavy atom. The van der Waals surface area contributed by atoms with Crippen molar-refractivity contribution in [1.82, 2.24) is 51.4 Å². The van der Waals surface area contributed by atoms with Crippen molar-refractivity contribution in [3.05, 3.63) is 107 Å². The fourth-order valence-electron chi connectivity index (χ4n) is 8.70. The molecule has 2 fully saturated rings. The van der Waals surface area contributed by atoms with E-state index in [9.17, 15) is 38.4 Å². The first-order chi connectivity index (χ1) is 33.6. The van der Waals surface area contributed by atoms with Crippen molar-refractivity contribution in [2.24, 2.45) is 11.8 Å². The van der Waals surface area contributed by atoms with Crippen molar-refractivity contribution in [2.75, 3.05) is 27.2 Å². The zero-order chi connectivity index (χ0) is 52.3.